The van der Waals surface area contributed by atoms with Gasteiger partial charge in [0.2, 0.25) is 0 Å². The van der Waals surface area contributed by atoms with Crippen LogP contribution < -0.4 is 20.3 Å². The van der Waals surface area contributed by atoms with E-state index in [1.165, 1.54) is 0 Å². The standard InChI is InChI=1S/C23H25N3O3/c1-3-26(15-22(27)24-18-10-7-11-19(14-18)29-2)16-23(28)25-21-13-6-9-17-8-4-5-12-20(17)21/h4-14H,3,15-16H2,1-2H3,(H,24,27)(H,25,28)/p+1. The maximum absolute atomic E-state index is 12.6. The molecule has 29 heavy (non-hydrogen) atoms. The van der Waals surface area contributed by atoms with E-state index in [-0.39, 0.29) is 24.9 Å². The van der Waals surface area contributed by atoms with Gasteiger partial charge in [0.15, 0.2) is 13.1 Å². The van der Waals surface area contributed by atoms with Crippen molar-refractivity contribution in [1.82, 2.24) is 0 Å². The Morgan fingerprint density at radius 3 is 2.34 bits per heavy atom. The molecule has 3 aromatic carbocycles. The Bertz CT molecular complexity index is 998. The minimum Gasteiger partial charge on any atom is -0.497 e. The lowest BCUT2D eigenvalue weighted by Gasteiger charge is -2.17. The fraction of sp³-hybridized carbons (Fsp3) is 0.217. The zero-order valence-corrected chi connectivity index (χ0v) is 16.7. The first-order valence-electron chi connectivity index (χ1n) is 9.64. The van der Waals surface area contributed by atoms with Crippen LogP contribution in [0.25, 0.3) is 10.8 Å². The van der Waals surface area contributed by atoms with Crippen molar-refractivity contribution >= 4 is 34.0 Å². The van der Waals surface area contributed by atoms with Gasteiger partial charge >= 0.3 is 0 Å². The Morgan fingerprint density at radius 1 is 0.897 bits per heavy atom. The maximum Gasteiger partial charge on any atom is 0.279 e. The molecule has 6 nitrogen and oxygen atoms in total. The number of amides is 2. The number of benzene rings is 3. The highest BCUT2D eigenvalue weighted by molar-refractivity contribution is 6.02. The van der Waals surface area contributed by atoms with Crippen LogP contribution in [0.5, 0.6) is 5.75 Å². The third-order valence-corrected chi connectivity index (χ3v) is 4.74. The van der Waals surface area contributed by atoms with Crippen molar-refractivity contribution in [2.45, 2.75) is 6.92 Å². The SMILES string of the molecule is CC[NH+](CC(=O)Nc1cccc(OC)c1)CC(=O)Nc1cccc2ccccc12. The summed E-state index contributed by atoms with van der Waals surface area (Å²) in [6.45, 7) is 3.04. The number of quaternary nitrogens is 1. The number of rotatable bonds is 8. The van der Waals surface area contributed by atoms with Crippen LogP contribution in [-0.2, 0) is 9.59 Å². The molecule has 3 aromatic rings. The van der Waals surface area contributed by atoms with E-state index < -0.39 is 0 Å². The van der Waals surface area contributed by atoms with Gasteiger partial charge < -0.3 is 20.3 Å². The lowest BCUT2D eigenvalue weighted by Crippen LogP contribution is -3.13. The fourth-order valence-corrected chi connectivity index (χ4v) is 3.20. The number of hydrogen-bond donors (Lipinski definition) is 3. The number of hydrogen-bond acceptors (Lipinski definition) is 3. The van der Waals surface area contributed by atoms with E-state index in [1.807, 2.05) is 61.5 Å². The molecule has 0 heterocycles. The van der Waals surface area contributed by atoms with Crippen LogP contribution >= 0.6 is 0 Å². The predicted molar refractivity (Wildman–Crippen MR) is 115 cm³/mol. The van der Waals surface area contributed by atoms with E-state index in [2.05, 4.69) is 10.6 Å². The first-order chi connectivity index (χ1) is 14.1. The molecule has 6 heteroatoms. The van der Waals surface area contributed by atoms with E-state index in [0.29, 0.717) is 18.0 Å². The molecule has 0 aromatic heterocycles. The number of likely N-dealkylation sites (N-methyl/N-ethyl adjacent to an activating group) is 1. The number of anilines is 2. The highest BCUT2D eigenvalue weighted by atomic mass is 16.5. The third-order valence-electron chi connectivity index (χ3n) is 4.74. The average molecular weight is 392 g/mol. The quantitative estimate of drug-likeness (QED) is 0.551. The van der Waals surface area contributed by atoms with Gasteiger partial charge in [-0.05, 0) is 30.5 Å². The molecule has 0 aliphatic heterocycles. The predicted octanol–water partition coefficient (Wildman–Crippen LogP) is 2.33. The molecule has 2 amide bonds. The highest BCUT2D eigenvalue weighted by Crippen LogP contribution is 2.22. The van der Waals surface area contributed by atoms with Crippen LogP contribution in [0.4, 0.5) is 11.4 Å². The van der Waals surface area contributed by atoms with Crippen LogP contribution in [0.1, 0.15) is 6.92 Å². The lowest BCUT2D eigenvalue weighted by atomic mass is 10.1. The maximum atomic E-state index is 12.6. The van der Waals surface area contributed by atoms with Gasteiger partial charge in [-0.25, -0.2) is 0 Å². The van der Waals surface area contributed by atoms with E-state index >= 15 is 0 Å². The number of carbonyl (C=O) groups excluding carboxylic acids is 2. The molecule has 3 N–H and O–H groups in total. The summed E-state index contributed by atoms with van der Waals surface area (Å²) in [5.41, 5.74) is 1.45. The van der Waals surface area contributed by atoms with Crippen molar-refractivity contribution in [3.63, 3.8) is 0 Å². The van der Waals surface area contributed by atoms with Gasteiger partial charge in [0.1, 0.15) is 5.75 Å². The third kappa shape index (κ3) is 5.56. The molecular formula is C23H26N3O3+. The molecule has 1 unspecified atom stereocenters. The zero-order chi connectivity index (χ0) is 20.6. The van der Waals surface area contributed by atoms with Gasteiger partial charge in [-0.3, -0.25) is 9.59 Å². The van der Waals surface area contributed by atoms with Crippen molar-refractivity contribution in [2.75, 3.05) is 37.4 Å². The Balaban J connectivity index is 1.58. The van der Waals surface area contributed by atoms with Gasteiger partial charge in [-0.2, -0.15) is 0 Å². The Kier molecular flexibility index (Phi) is 6.81. The van der Waals surface area contributed by atoms with Crippen LogP contribution in [0.2, 0.25) is 0 Å². The normalized spacial score (nSPS) is 11.7. The van der Waals surface area contributed by atoms with Gasteiger partial charge in [0.05, 0.1) is 13.7 Å². The summed E-state index contributed by atoms with van der Waals surface area (Å²) in [6, 6.07) is 20.9. The molecule has 0 bridgehead atoms. The Morgan fingerprint density at radius 2 is 1.59 bits per heavy atom. The molecule has 0 saturated carbocycles. The summed E-state index contributed by atoms with van der Waals surface area (Å²) in [5, 5.41) is 7.91. The topological polar surface area (TPSA) is 71.9 Å². The molecule has 3 rings (SSSR count). The molecule has 0 fully saturated rings. The van der Waals surface area contributed by atoms with Crippen LogP contribution in [0, 0.1) is 0 Å². The zero-order valence-electron chi connectivity index (χ0n) is 16.7. The largest absolute Gasteiger partial charge is 0.497 e. The summed E-state index contributed by atoms with van der Waals surface area (Å²) < 4.78 is 5.17. The molecule has 0 saturated heterocycles. The number of methoxy groups -OCH3 is 1. The monoisotopic (exact) mass is 392 g/mol. The minimum absolute atomic E-state index is 0.118. The van der Waals surface area contributed by atoms with Crippen LogP contribution in [0.15, 0.2) is 66.7 Å². The number of fused-ring (bicyclic) bond motifs is 1. The highest BCUT2D eigenvalue weighted by Gasteiger charge is 2.17. The molecule has 150 valence electrons. The molecular weight excluding hydrogens is 366 g/mol. The van der Waals surface area contributed by atoms with Gasteiger partial charge in [0, 0.05) is 22.8 Å². The van der Waals surface area contributed by atoms with E-state index in [1.54, 1.807) is 19.2 Å². The van der Waals surface area contributed by atoms with Crippen molar-refractivity contribution in [3.8, 4) is 5.75 Å². The van der Waals surface area contributed by atoms with Gasteiger partial charge in [-0.1, -0.05) is 42.5 Å². The Labute approximate surface area is 170 Å². The lowest BCUT2D eigenvalue weighted by molar-refractivity contribution is -0.881. The molecule has 0 aliphatic carbocycles. The molecule has 0 radical (unpaired) electrons. The van der Waals surface area contributed by atoms with Crippen molar-refractivity contribution < 1.29 is 19.2 Å². The molecule has 0 aliphatic rings. The van der Waals surface area contributed by atoms with E-state index in [0.717, 1.165) is 21.4 Å². The Hall–Kier alpha value is -3.38. The summed E-state index contributed by atoms with van der Waals surface area (Å²) in [5.74, 6) is 0.414. The summed E-state index contributed by atoms with van der Waals surface area (Å²) in [7, 11) is 1.58. The summed E-state index contributed by atoms with van der Waals surface area (Å²) >= 11 is 0. The van der Waals surface area contributed by atoms with Crippen molar-refractivity contribution in [2.24, 2.45) is 0 Å². The molecule has 0 spiro atoms. The number of carbonyl (C=O) groups is 2. The first kappa shape index (κ1) is 20.4. The summed E-state index contributed by atoms with van der Waals surface area (Å²) in [6.07, 6.45) is 0. The van der Waals surface area contributed by atoms with Gasteiger partial charge in [-0.15, -0.1) is 0 Å². The fourth-order valence-electron chi connectivity index (χ4n) is 3.20. The smallest absolute Gasteiger partial charge is 0.279 e. The van der Waals surface area contributed by atoms with Crippen molar-refractivity contribution in [1.29, 1.82) is 0 Å². The van der Waals surface area contributed by atoms with E-state index in [4.69, 9.17) is 4.74 Å². The number of ether oxygens (including phenoxy) is 1. The van der Waals surface area contributed by atoms with Gasteiger partial charge in [0.25, 0.3) is 11.8 Å². The second kappa shape index (κ2) is 9.71. The summed E-state index contributed by atoms with van der Waals surface area (Å²) in [4.78, 5) is 25.8. The second-order valence-corrected chi connectivity index (χ2v) is 6.81. The van der Waals surface area contributed by atoms with E-state index in [9.17, 15) is 9.59 Å². The minimum atomic E-state index is -0.145. The molecule has 1 atom stereocenters. The van der Waals surface area contributed by atoms with Crippen molar-refractivity contribution in [3.05, 3.63) is 66.7 Å². The first-order valence-corrected chi connectivity index (χ1v) is 9.64. The van der Waals surface area contributed by atoms with Crippen LogP contribution in [0.3, 0.4) is 0 Å². The number of nitrogens with one attached hydrogen (secondary N) is 3. The second-order valence-electron chi connectivity index (χ2n) is 6.81. The van der Waals surface area contributed by atoms with Crippen LogP contribution in [-0.4, -0.2) is 38.6 Å². The average Bonchev–Trinajstić information content (AvgIpc) is 2.73.